The first-order chi connectivity index (χ1) is 12.8. The van der Waals surface area contributed by atoms with Crippen molar-refractivity contribution in [1.29, 1.82) is 0 Å². The summed E-state index contributed by atoms with van der Waals surface area (Å²) in [6, 6.07) is 25.0. The Kier molecular flexibility index (Phi) is 5.78. The molecule has 130 valence electrons. The summed E-state index contributed by atoms with van der Waals surface area (Å²) in [6.45, 7) is 2.57. The molecular formula is C22H20N2O2. The molecule has 3 aromatic rings. The number of ether oxygens (including phenoxy) is 1. The Morgan fingerprint density at radius 2 is 1.58 bits per heavy atom. The number of amides is 1. The average molecular weight is 344 g/mol. The fraction of sp³-hybridized carbons (Fsp3) is 0.0909. The van der Waals surface area contributed by atoms with Gasteiger partial charge in [0.2, 0.25) is 0 Å². The lowest BCUT2D eigenvalue weighted by Crippen LogP contribution is -2.17. The first kappa shape index (κ1) is 17.4. The Morgan fingerprint density at radius 1 is 0.923 bits per heavy atom. The number of benzene rings is 3. The Bertz CT molecular complexity index is 870. The van der Waals surface area contributed by atoms with Gasteiger partial charge >= 0.3 is 0 Å². The van der Waals surface area contributed by atoms with Gasteiger partial charge in [-0.05, 0) is 60.0 Å². The summed E-state index contributed by atoms with van der Waals surface area (Å²) in [5.74, 6) is 0.569. The molecule has 0 spiro atoms. The van der Waals surface area contributed by atoms with Crippen LogP contribution < -0.4 is 10.2 Å². The van der Waals surface area contributed by atoms with E-state index in [1.165, 1.54) is 0 Å². The van der Waals surface area contributed by atoms with Gasteiger partial charge in [0.05, 0.1) is 12.8 Å². The summed E-state index contributed by atoms with van der Waals surface area (Å²) in [4.78, 5) is 12.2. The van der Waals surface area contributed by atoms with E-state index in [1.54, 1.807) is 18.3 Å². The molecule has 3 aromatic carbocycles. The van der Waals surface area contributed by atoms with Crippen molar-refractivity contribution < 1.29 is 9.53 Å². The Labute approximate surface area is 153 Å². The van der Waals surface area contributed by atoms with Crippen molar-refractivity contribution in [3.63, 3.8) is 0 Å². The molecular weight excluding hydrogens is 324 g/mol. The Hall–Kier alpha value is -3.40. The molecule has 3 rings (SSSR count). The van der Waals surface area contributed by atoms with Crippen LogP contribution in [0.4, 0.5) is 0 Å². The molecule has 0 heterocycles. The van der Waals surface area contributed by atoms with Crippen LogP contribution in [0.15, 0.2) is 84.0 Å². The predicted octanol–water partition coefficient (Wildman–Crippen LogP) is 4.52. The molecule has 0 saturated carbocycles. The zero-order valence-electron chi connectivity index (χ0n) is 14.6. The van der Waals surface area contributed by atoms with Crippen LogP contribution in [-0.4, -0.2) is 18.7 Å². The number of carbonyl (C=O) groups excluding carboxylic acids is 1. The summed E-state index contributed by atoms with van der Waals surface area (Å²) in [6.07, 6.45) is 1.60. The number of hydrazone groups is 1. The highest BCUT2D eigenvalue weighted by Gasteiger charge is 2.04. The van der Waals surface area contributed by atoms with Crippen molar-refractivity contribution in [2.75, 3.05) is 6.61 Å². The molecule has 4 nitrogen and oxygen atoms in total. The highest BCUT2D eigenvalue weighted by molar-refractivity contribution is 5.95. The normalized spacial score (nSPS) is 10.7. The fourth-order valence-corrected chi connectivity index (χ4v) is 2.49. The molecule has 1 N–H and O–H groups in total. The van der Waals surface area contributed by atoms with Gasteiger partial charge in [0.1, 0.15) is 5.75 Å². The van der Waals surface area contributed by atoms with Crippen molar-refractivity contribution in [3.8, 4) is 16.9 Å². The van der Waals surface area contributed by atoms with E-state index in [2.05, 4.69) is 10.5 Å². The van der Waals surface area contributed by atoms with Crippen molar-refractivity contribution in [3.05, 3.63) is 90.0 Å². The standard InChI is InChI=1S/C22H20N2O2/c1-2-26-21-14-8-17(9-15-21)16-23-24-22(25)20-12-10-19(11-13-20)18-6-4-3-5-7-18/h3-16H,2H2,1H3,(H,24,25)/b23-16+. The predicted molar refractivity (Wildman–Crippen MR) is 105 cm³/mol. The molecule has 0 radical (unpaired) electrons. The lowest BCUT2D eigenvalue weighted by Gasteiger charge is -2.04. The molecule has 0 saturated heterocycles. The Balaban J connectivity index is 1.59. The second-order valence-corrected chi connectivity index (χ2v) is 5.64. The Morgan fingerprint density at radius 3 is 2.23 bits per heavy atom. The highest BCUT2D eigenvalue weighted by Crippen LogP contribution is 2.19. The second kappa shape index (κ2) is 8.62. The van der Waals surface area contributed by atoms with E-state index in [0.29, 0.717) is 12.2 Å². The number of nitrogens with one attached hydrogen (secondary N) is 1. The summed E-state index contributed by atoms with van der Waals surface area (Å²) >= 11 is 0. The topological polar surface area (TPSA) is 50.7 Å². The van der Waals surface area contributed by atoms with Crippen LogP contribution in [0.2, 0.25) is 0 Å². The smallest absolute Gasteiger partial charge is 0.271 e. The second-order valence-electron chi connectivity index (χ2n) is 5.64. The molecule has 0 aliphatic rings. The van der Waals surface area contributed by atoms with Gasteiger partial charge in [-0.25, -0.2) is 5.43 Å². The van der Waals surface area contributed by atoms with Crippen molar-refractivity contribution in [2.45, 2.75) is 6.92 Å². The lowest BCUT2D eigenvalue weighted by atomic mass is 10.0. The van der Waals surface area contributed by atoms with E-state index in [0.717, 1.165) is 22.4 Å². The zero-order valence-corrected chi connectivity index (χ0v) is 14.6. The average Bonchev–Trinajstić information content (AvgIpc) is 2.70. The molecule has 4 heteroatoms. The fourth-order valence-electron chi connectivity index (χ4n) is 2.49. The van der Waals surface area contributed by atoms with Crippen molar-refractivity contribution in [2.24, 2.45) is 5.10 Å². The van der Waals surface area contributed by atoms with Crippen LogP contribution in [0.5, 0.6) is 5.75 Å². The van der Waals surface area contributed by atoms with Crippen LogP contribution in [-0.2, 0) is 0 Å². The zero-order chi connectivity index (χ0) is 18.2. The molecule has 0 unspecified atom stereocenters. The first-order valence-corrected chi connectivity index (χ1v) is 8.48. The number of hydrogen-bond acceptors (Lipinski definition) is 3. The third-order valence-corrected chi connectivity index (χ3v) is 3.83. The van der Waals surface area contributed by atoms with Gasteiger partial charge in [-0.1, -0.05) is 42.5 Å². The molecule has 0 aliphatic carbocycles. The van der Waals surface area contributed by atoms with E-state index in [1.807, 2.05) is 73.7 Å². The van der Waals surface area contributed by atoms with Crippen LogP contribution >= 0.6 is 0 Å². The van der Waals surface area contributed by atoms with Crippen molar-refractivity contribution >= 4 is 12.1 Å². The molecule has 1 amide bonds. The van der Waals surface area contributed by atoms with Gasteiger partial charge < -0.3 is 4.74 Å². The van der Waals surface area contributed by atoms with Crippen LogP contribution in [0.1, 0.15) is 22.8 Å². The van der Waals surface area contributed by atoms with Crippen LogP contribution in [0.3, 0.4) is 0 Å². The number of rotatable bonds is 6. The SMILES string of the molecule is CCOc1ccc(/C=N/NC(=O)c2ccc(-c3ccccc3)cc2)cc1. The third kappa shape index (κ3) is 4.57. The maximum atomic E-state index is 12.2. The summed E-state index contributed by atoms with van der Waals surface area (Å²) < 4.78 is 5.39. The highest BCUT2D eigenvalue weighted by atomic mass is 16.5. The van der Waals surface area contributed by atoms with Crippen LogP contribution in [0, 0.1) is 0 Å². The van der Waals surface area contributed by atoms with E-state index in [4.69, 9.17) is 4.74 Å². The molecule has 0 bridgehead atoms. The minimum atomic E-state index is -0.244. The molecule has 0 aromatic heterocycles. The minimum Gasteiger partial charge on any atom is -0.494 e. The molecule has 0 atom stereocenters. The largest absolute Gasteiger partial charge is 0.494 e. The van der Waals surface area contributed by atoms with Gasteiger partial charge in [0.25, 0.3) is 5.91 Å². The quantitative estimate of drug-likeness (QED) is 0.528. The van der Waals surface area contributed by atoms with Gasteiger partial charge in [-0.15, -0.1) is 0 Å². The van der Waals surface area contributed by atoms with Gasteiger partial charge in [-0.3, -0.25) is 4.79 Å². The molecule has 0 fully saturated rings. The van der Waals surface area contributed by atoms with E-state index in [-0.39, 0.29) is 5.91 Å². The van der Waals surface area contributed by atoms with E-state index < -0.39 is 0 Å². The van der Waals surface area contributed by atoms with E-state index >= 15 is 0 Å². The summed E-state index contributed by atoms with van der Waals surface area (Å²) in [7, 11) is 0. The maximum Gasteiger partial charge on any atom is 0.271 e. The molecule has 26 heavy (non-hydrogen) atoms. The number of hydrogen-bond donors (Lipinski definition) is 1. The van der Waals surface area contributed by atoms with Gasteiger partial charge in [-0.2, -0.15) is 5.10 Å². The number of carbonyl (C=O) groups is 1. The first-order valence-electron chi connectivity index (χ1n) is 8.48. The van der Waals surface area contributed by atoms with E-state index in [9.17, 15) is 4.79 Å². The number of nitrogens with zero attached hydrogens (tertiary/aromatic N) is 1. The van der Waals surface area contributed by atoms with Crippen LogP contribution in [0.25, 0.3) is 11.1 Å². The minimum absolute atomic E-state index is 0.244. The van der Waals surface area contributed by atoms with Gasteiger partial charge in [0, 0.05) is 5.56 Å². The lowest BCUT2D eigenvalue weighted by molar-refractivity contribution is 0.0955. The maximum absolute atomic E-state index is 12.2. The van der Waals surface area contributed by atoms with Gasteiger partial charge in [0.15, 0.2) is 0 Å². The monoisotopic (exact) mass is 344 g/mol. The summed E-state index contributed by atoms with van der Waals surface area (Å²) in [5, 5.41) is 4.01. The van der Waals surface area contributed by atoms with Crippen molar-refractivity contribution in [1.82, 2.24) is 5.43 Å². The third-order valence-electron chi connectivity index (χ3n) is 3.83. The summed E-state index contributed by atoms with van der Waals surface area (Å²) in [5.41, 5.74) is 6.18. The molecule has 0 aliphatic heterocycles.